The van der Waals surface area contributed by atoms with Crippen molar-refractivity contribution >= 4 is 17.8 Å². The maximum absolute atomic E-state index is 13.2. The van der Waals surface area contributed by atoms with Gasteiger partial charge in [-0.25, -0.2) is 4.79 Å². The van der Waals surface area contributed by atoms with Crippen molar-refractivity contribution in [2.45, 2.75) is 51.0 Å². The van der Waals surface area contributed by atoms with Gasteiger partial charge < -0.3 is 24.8 Å². The van der Waals surface area contributed by atoms with Crippen molar-refractivity contribution in [2.75, 3.05) is 53.0 Å². The number of methoxy groups -OCH3 is 1. The van der Waals surface area contributed by atoms with E-state index in [1.54, 1.807) is 7.11 Å². The van der Waals surface area contributed by atoms with E-state index in [4.69, 9.17) is 4.74 Å². The zero-order valence-corrected chi connectivity index (χ0v) is 18.2. The Kier molecular flexibility index (Phi) is 6.80. The Morgan fingerprint density at radius 2 is 1.90 bits per heavy atom. The van der Waals surface area contributed by atoms with Crippen LogP contribution in [0.4, 0.5) is 4.79 Å². The zero-order valence-electron chi connectivity index (χ0n) is 18.2. The lowest BCUT2D eigenvalue weighted by atomic mass is 9.76. The number of likely N-dealkylation sites (tertiary alicyclic amines) is 2. The molecular weight excluding hydrogens is 384 g/mol. The van der Waals surface area contributed by atoms with Crippen LogP contribution >= 0.6 is 0 Å². The van der Waals surface area contributed by atoms with E-state index >= 15 is 0 Å². The van der Waals surface area contributed by atoms with E-state index in [0.29, 0.717) is 56.4 Å². The third-order valence-corrected chi connectivity index (χ3v) is 7.41. The van der Waals surface area contributed by atoms with Crippen molar-refractivity contribution in [3.05, 3.63) is 0 Å². The van der Waals surface area contributed by atoms with E-state index in [-0.39, 0.29) is 17.9 Å². The molecule has 0 spiro atoms. The molecule has 4 rings (SSSR count). The Morgan fingerprint density at radius 1 is 1.10 bits per heavy atom. The van der Waals surface area contributed by atoms with E-state index < -0.39 is 0 Å². The van der Waals surface area contributed by atoms with Gasteiger partial charge in [-0.1, -0.05) is 0 Å². The number of nitrogens with one attached hydrogen (secondary N) is 1. The number of carbonyl (C=O) groups is 3. The lowest BCUT2D eigenvalue weighted by Gasteiger charge is -2.53. The predicted molar refractivity (Wildman–Crippen MR) is 112 cm³/mol. The first-order valence-electron chi connectivity index (χ1n) is 11.7. The van der Waals surface area contributed by atoms with Crippen molar-refractivity contribution < 1.29 is 19.1 Å². The highest BCUT2D eigenvalue weighted by molar-refractivity contribution is 5.80. The normalized spacial score (nSPS) is 29.6. The predicted octanol–water partition coefficient (Wildman–Crippen LogP) is 1.30. The summed E-state index contributed by atoms with van der Waals surface area (Å²) in [4.78, 5) is 43.9. The second-order valence-electron chi connectivity index (χ2n) is 9.45. The van der Waals surface area contributed by atoms with Crippen LogP contribution in [-0.4, -0.2) is 91.6 Å². The number of hydrogen-bond acceptors (Lipinski definition) is 4. The minimum atomic E-state index is -0.000796. The fourth-order valence-corrected chi connectivity index (χ4v) is 5.87. The first-order chi connectivity index (χ1) is 14.6. The molecule has 0 aliphatic carbocycles. The van der Waals surface area contributed by atoms with E-state index in [9.17, 15) is 14.4 Å². The molecule has 0 aromatic rings. The van der Waals surface area contributed by atoms with E-state index in [2.05, 4.69) is 10.2 Å². The maximum atomic E-state index is 13.2. The maximum Gasteiger partial charge on any atom is 0.320 e. The number of amides is 4. The van der Waals surface area contributed by atoms with Crippen LogP contribution in [0.2, 0.25) is 0 Å². The monoisotopic (exact) mass is 420 g/mol. The summed E-state index contributed by atoms with van der Waals surface area (Å²) in [5.41, 5.74) is 0. The van der Waals surface area contributed by atoms with Crippen molar-refractivity contribution in [3.63, 3.8) is 0 Å². The highest BCUT2D eigenvalue weighted by Gasteiger charge is 2.45. The molecule has 0 saturated carbocycles. The number of carbonyl (C=O) groups excluding carboxylic acids is 3. The molecule has 3 atom stereocenters. The Balaban J connectivity index is 1.26. The number of urea groups is 1. The topological polar surface area (TPSA) is 82.2 Å². The van der Waals surface area contributed by atoms with Crippen LogP contribution in [-0.2, 0) is 14.3 Å². The Bertz CT molecular complexity index is 649. The largest absolute Gasteiger partial charge is 0.385 e. The Hall–Kier alpha value is -1.83. The first kappa shape index (κ1) is 21.4. The standard InChI is InChI=1S/C22H36N4O4/c1-30-11-3-8-23-21(28)17-6-9-24(10-7-17)22(29)25-13-16-12-18(15-25)19-4-2-5-20(27)26(19)14-16/h16-19H,2-15H2,1H3,(H,23,28)/t16?,18?,19-/m1/s1. The van der Waals surface area contributed by atoms with E-state index in [0.717, 1.165) is 58.2 Å². The molecule has 8 nitrogen and oxygen atoms in total. The van der Waals surface area contributed by atoms with Gasteiger partial charge in [0.2, 0.25) is 11.8 Å². The van der Waals surface area contributed by atoms with Gasteiger partial charge >= 0.3 is 6.03 Å². The fourth-order valence-electron chi connectivity index (χ4n) is 5.87. The van der Waals surface area contributed by atoms with Crippen LogP contribution in [0.15, 0.2) is 0 Å². The highest BCUT2D eigenvalue weighted by Crippen LogP contribution is 2.38. The van der Waals surface area contributed by atoms with Gasteiger partial charge in [-0.15, -0.1) is 0 Å². The molecule has 4 fully saturated rings. The number of fused-ring (bicyclic) bond motifs is 4. The lowest BCUT2D eigenvalue weighted by Crippen LogP contribution is -2.62. The molecule has 0 radical (unpaired) electrons. The third kappa shape index (κ3) is 4.58. The van der Waals surface area contributed by atoms with Gasteiger partial charge in [0.1, 0.15) is 0 Å². The van der Waals surface area contributed by atoms with Gasteiger partial charge in [0.25, 0.3) is 0 Å². The van der Waals surface area contributed by atoms with Gasteiger partial charge in [0, 0.05) is 71.4 Å². The average molecular weight is 421 g/mol. The number of nitrogens with zero attached hydrogens (tertiary/aromatic N) is 3. The molecule has 4 heterocycles. The Labute approximate surface area is 179 Å². The average Bonchev–Trinajstić information content (AvgIpc) is 2.77. The summed E-state index contributed by atoms with van der Waals surface area (Å²) in [5, 5.41) is 2.99. The quantitative estimate of drug-likeness (QED) is 0.680. The number of rotatable bonds is 5. The molecule has 30 heavy (non-hydrogen) atoms. The molecule has 2 unspecified atom stereocenters. The second-order valence-corrected chi connectivity index (χ2v) is 9.45. The molecule has 8 heteroatoms. The number of piperidine rings is 4. The SMILES string of the molecule is COCCCNC(=O)C1CCN(C(=O)N2CC3CC(C2)[C@H]2CCCC(=O)N2C3)CC1. The molecule has 1 N–H and O–H groups in total. The molecule has 4 aliphatic rings. The van der Waals surface area contributed by atoms with Crippen LogP contribution in [0, 0.1) is 17.8 Å². The van der Waals surface area contributed by atoms with Crippen LogP contribution in [0.25, 0.3) is 0 Å². The van der Waals surface area contributed by atoms with E-state index in [1.165, 1.54) is 0 Å². The summed E-state index contributed by atoms with van der Waals surface area (Å²) in [6.45, 7) is 4.93. The molecular formula is C22H36N4O4. The molecule has 4 saturated heterocycles. The first-order valence-corrected chi connectivity index (χ1v) is 11.7. The molecule has 168 valence electrons. The number of hydrogen-bond donors (Lipinski definition) is 1. The molecule has 2 bridgehead atoms. The molecule has 0 aromatic carbocycles. The van der Waals surface area contributed by atoms with Gasteiger partial charge in [-0.2, -0.15) is 0 Å². The van der Waals surface area contributed by atoms with Crippen molar-refractivity contribution in [2.24, 2.45) is 17.8 Å². The van der Waals surface area contributed by atoms with E-state index in [1.807, 2.05) is 9.80 Å². The fraction of sp³-hybridized carbons (Fsp3) is 0.864. The minimum absolute atomic E-state index is 0.000796. The molecule has 4 amide bonds. The van der Waals surface area contributed by atoms with Crippen LogP contribution in [0.5, 0.6) is 0 Å². The summed E-state index contributed by atoms with van der Waals surface area (Å²) in [5.74, 6) is 1.23. The van der Waals surface area contributed by atoms with Gasteiger partial charge in [0.15, 0.2) is 0 Å². The van der Waals surface area contributed by atoms with Gasteiger partial charge in [0.05, 0.1) is 0 Å². The second kappa shape index (κ2) is 9.54. The van der Waals surface area contributed by atoms with Gasteiger partial charge in [-0.3, -0.25) is 9.59 Å². The summed E-state index contributed by atoms with van der Waals surface area (Å²) in [6.07, 6.45) is 6.17. The van der Waals surface area contributed by atoms with Crippen LogP contribution in [0.3, 0.4) is 0 Å². The summed E-state index contributed by atoms with van der Waals surface area (Å²) in [7, 11) is 1.66. The van der Waals surface area contributed by atoms with Crippen LogP contribution < -0.4 is 5.32 Å². The number of ether oxygens (including phenoxy) is 1. The summed E-state index contributed by atoms with van der Waals surface area (Å²) >= 11 is 0. The highest BCUT2D eigenvalue weighted by atomic mass is 16.5. The van der Waals surface area contributed by atoms with Crippen molar-refractivity contribution in [1.29, 1.82) is 0 Å². The third-order valence-electron chi connectivity index (χ3n) is 7.41. The summed E-state index contributed by atoms with van der Waals surface area (Å²) in [6, 6.07) is 0.449. The Morgan fingerprint density at radius 3 is 2.67 bits per heavy atom. The smallest absolute Gasteiger partial charge is 0.320 e. The van der Waals surface area contributed by atoms with Crippen LogP contribution in [0.1, 0.15) is 44.9 Å². The molecule has 4 aliphatic heterocycles. The van der Waals surface area contributed by atoms with Crippen molar-refractivity contribution in [3.8, 4) is 0 Å². The van der Waals surface area contributed by atoms with Gasteiger partial charge in [-0.05, 0) is 50.4 Å². The lowest BCUT2D eigenvalue weighted by molar-refractivity contribution is -0.144. The minimum Gasteiger partial charge on any atom is -0.385 e. The summed E-state index contributed by atoms with van der Waals surface area (Å²) < 4.78 is 5.01. The van der Waals surface area contributed by atoms with Crippen molar-refractivity contribution in [1.82, 2.24) is 20.0 Å². The molecule has 0 aromatic heterocycles. The zero-order chi connectivity index (χ0) is 21.1.